The maximum atomic E-state index is 12.3. The molecule has 0 aromatic heterocycles. The minimum absolute atomic E-state index is 0.290. The third kappa shape index (κ3) is 29.0. The molecule has 0 radical (unpaired) electrons. The summed E-state index contributed by atoms with van der Waals surface area (Å²) in [5.74, 6) is 0.425. The number of anilines is 2. The molecule has 0 saturated heterocycles. The Kier molecular flexibility index (Phi) is 32.2. The van der Waals surface area contributed by atoms with E-state index in [0.29, 0.717) is 12.8 Å². The molecule has 2 aliphatic heterocycles. The van der Waals surface area contributed by atoms with Gasteiger partial charge in [-0.25, -0.2) is 4.79 Å². The van der Waals surface area contributed by atoms with Crippen molar-refractivity contribution in [1.29, 1.82) is 0 Å². The van der Waals surface area contributed by atoms with Crippen molar-refractivity contribution in [2.24, 2.45) is 9.98 Å². The van der Waals surface area contributed by atoms with Gasteiger partial charge in [0.05, 0.1) is 13.1 Å². The maximum Gasteiger partial charge on any atom is 0.323 e. The number of urea groups is 1. The van der Waals surface area contributed by atoms with E-state index < -0.39 is 11.9 Å². The van der Waals surface area contributed by atoms with Crippen molar-refractivity contribution >= 4 is 41.0 Å². The lowest BCUT2D eigenvalue weighted by atomic mass is 10.0. The van der Waals surface area contributed by atoms with Crippen molar-refractivity contribution in [1.82, 2.24) is 10.6 Å². The fourth-order valence-corrected chi connectivity index (χ4v) is 7.55. The molecule has 11 heteroatoms. The van der Waals surface area contributed by atoms with Crippen molar-refractivity contribution in [3.63, 3.8) is 0 Å². The highest BCUT2D eigenvalue weighted by Crippen LogP contribution is 2.17. The van der Waals surface area contributed by atoms with E-state index in [1.165, 1.54) is 141 Å². The highest BCUT2D eigenvalue weighted by atomic mass is 16.4. The first-order valence-corrected chi connectivity index (χ1v) is 24.6. The van der Waals surface area contributed by atoms with Crippen molar-refractivity contribution in [3.05, 3.63) is 59.7 Å². The lowest BCUT2D eigenvalue weighted by molar-refractivity contribution is -0.138. The van der Waals surface area contributed by atoms with Gasteiger partial charge in [-0.05, 0) is 37.1 Å². The third-order valence-electron chi connectivity index (χ3n) is 11.1. The quantitative estimate of drug-likeness (QED) is 0.0399. The third-order valence-corrected chi connectivity index (χ3v) is 11.1. The summed E-state index contributed by atoms with van der Waals surface area (Å²) in [6.45, 7) is 7.79. The van der Waals surface area contributed by atoms with Gasteiger partial charge in [0.2, 0.25) is 0 Å². The first kappa shape index (κ1) is 53.7. The second kappa shape index (κ2) is 37.2. The van der Waals surface area contributed by atoms with Crippen LogP contribution in [0.2, 0.25) is 0 Å². The van der Waals surface area contributed by atoms with Crippen LogP contribution in [0, 0.1) is 0 Å². The summed E-state index contributed by atoms with van der Waals surface area (Å²) in [5.41, 5.74) is 3.36. The zero-order valence-corrected chi connectivity index (χ0v) is 38.8. The number of carbonyl (C=O) groups is 3. The predicted octanol–water partition coefficient (Wildman–Crippen LogP) is 13.1. The number of unbranched alkanes of at least 4 members (excludes halogenated alkanes) is 24. The van der Waals surface area contributed by atoms with Crippen LogP contribution in [0.1, 0.15) is 205 Å². The summed E-state index contributed by atoms with van der Waals surface area (Å²) in [6, 6.07) is 15.0. The molecular formula is C51H84N6O5. The Bertz CT molecular complexity index is 1430. The molecule has 0 aliphatic carbocycles. The van der Waals surface area contributed by atoms with Crippen LogP contribution in [-0.2, 0) is 9.59 Å². The fourth-order valence-electron chi connectivity index (χ4n) is 7.55. The van der Waals surface area contributed by atoms with Gasteiger partial charge in [-0.15, -0.1) is 0 Å². The molecule has 11 nitrogen and oxygen atoms in total. The molecule has 0 fully saturated rings. The summed E-state index contributed by atoms with van der Waals surface area (Å²) in [5, 5.41) is 29.2. The molecule has 4 rings (SSSR count). The lowest BCUT2D eigenvalue weighted by Crippen LogP contribution is -2.22. The summed E-state index contributed by atoms with van der Waals surface area (Å²) in [6.07, 6.45) is 34.5. The molecule has 2 aromatic carbocycles. The number of carboxylic acid groups (broad SMARTS) is 2. The van der Waals surface area contributed by atoms with Crippen LogP contribution >= 0.6 is 0 Å². The molecular weight excluding hydrogens is 777 g/mol. The smallest absolute Gasteiger partial charge is 0.323 e. The van der Waals surface area contributed by atoms with Gasteiger partial charge in [-0.2, -0.15) is 0 Å². The Labute approximate surface area is 375 Å². The van der Waals surface area contributed by atoms with Crippen LogP contribution < -0.4 is 21.3 Å². The number of aliphatic carboxylic acids is 2. The van der Waals surface area contributed by atoms with E-state index >= 15 is 0 Å². The molecule has 0 saturated carbocycles. The van der Waals surface area contributed by atoms with E-state index in [1.54, 1.807) is 0 Å². The molecule has 0 atom stereocenters. The first-order chi connectivity index (χ1) is 30.3. The highest BCUT2D eigenvalue weighted by Gasteiger charge is 2.12. The molecule has 6 N–H and O–H groups in total. The largest absolute Gasteiger partial charge is 0.481 e. The van der Waals surface area contributed by atoms with Gasteiger partial charge in [0.1, 0.15) is 11.7 Å². The minimum Gasteiger partial charge on any atom is -0.481 e. The Morgan fingerprint density at radius 1 is 0.484 bits per heavy atom. The standard InChI is InChI=1S/C19H20N6O.2C16H32O2/c26-19(24-15-5-1-3-13(11-15)17-20-7-8-21-17)25-16-6-2-4-14(12-16)18-22-9-10-23-18;2*1-2-3-4-5-6-7-8-9-10-11-12-13-14-15-16(17)18/h1-6,11-12H,7-10H2,(H,20,21)(H,22,23)(H2,24,25,26);2*2-15H2,1H3,(H,17,18). The fraction of sp³-hybridized carbons (Fsp3) is 0.667. The molecule has 2 aliphatic rings. The normalized spacial score (nSPS) is 12.7. The number of aliphatic imine (C=N–C) groups is 2. The van der Waals surface area contributed by atoms with E-state index in [4.69, 9.17) is 10.2 Å². The van der Waals surface area contributed by atoms with E-state index in [2.05, 4.69) is 45.1 Å². The number of carboxylic acids is 2. The number of amidine groups is 2. The molecule has 0 spiro atoms. The van der Waals surface area contributed by atoms with E-state index in [9.17, 15) is 14.4 Å². The topological polar surface area (TPSA) is 165 Å². The number of amides is 2. The van der Waals surface area contributed by atoms with Crippen LogP contribution in [0.15, 0.2) is 58.5 Å². The summed E-state index contributed by atoms with van der Waals surface area (Å²) >= 11 is 0. The number of nitrogens with zero attached hydrogens (tertiary/aromatic N) is 2. The molecule has 2 amide bonds. The highest BCUT2D eigenvalue weighted by molar-refractivity contribution is 6.04. The van der Waals surface area contributed by atoms with Gasteiger partial charge in [0.15, 0.2) is 0 Å². The maximum absolute atomic E-state index is 12.3. The zero-order chi connectivity index (χ0) is 44.7. The molecule has 0 bridgehead atoms. The van der Waals surface area contributed by atoms with Crippen molar-refractivity contribution in [2.75, 3.05) is 36.8 Å². The minimum atomic E-state index is -0.655. The number of nitrogens with one attached hydrogen (secondary N) is 4. The predicted molar refractivity (Wildman–Crippen MR) is 260 cm³/mol. The van der Waals surface area contributed by atoms with Crippen LogP contribution in [-0.4, -0.2) is 66.0 Å². The number of hydrogen-bond acceptors (Lipinski definition) is 7. The van der Waals surface area contributed by atoms with Crippen molar-refractivity contribution in [2.45, 2.75) is 194 Å². The number of rotatable bonds is 32. The van der Waals surface area contributed by atoms with E-state index in [1.807, 2.05) is 48.5 Å². The second-order valence-corrected chi connectivity index (χ2v) is 16.8. The number of carbonyl (C=O) groups excluding carboxylic acids is 1. The van der Waals surface area contributed by atoms with E-state index in [-0.39, 0.29) is 6.03 Å². The molecule has 2 aromatic rings. The first-order valence-electron chi connectivity index (χ1n) is 24.6. The molecule has 2 heterocycles. The van der Waals surface area contributed by atoms with E-state index in [0.717, 1.165) is 86.0 Å². The van der Waals surface area contributed by atoms with Gasteiger partial charge in [0.25, 0.3) is 0 Å². The monoisotopic (exact) mass is 861 g/mol. The van der Waals surface area contributed by atoms with Crippen LogP contribution in [0.4, 0.5) is 16.2 Å². The van der Waals surface area contributed by atoms with Gasteiger partial charge in [0, 0.05) is 48.4 Å². The molecule has 62 heavy (non-hydrogen) atoms. The SMILES string of the molecule is CCCCCCCCCCCCCCCC(=O)O.CCCCCCCCCCCCCCCC(=O)O.O=C(Nc1cccc(C2=NCCN2)c1)Nc1cccc(C2=NCCN2)c1. The number of hydrogen-bond donors (Lipinski definition) is 6. The Balaban J connectivity index is 0.000000331. The van der Waals surface area contributed by atoms with Crippen LogP contribution in [0.3, 0.4) is 0 Å². The zero-order valence-electron chi connectivity index (χ0n) is 38.8. The average molecular weight is 861 g/mol. The van der Waals surface area contributed by atoms with Gasteiger partial charge in [-0.1, -0.05) is 192 Å². The second-order valence-electron chi connectivity index (χ2n) is 16.8. The molecule has 348 valence electrons. The molecule has 0 unspecified atom stereocenters. The summed E-state index contributed by atoms with van der Waals surface area (Å²) in [4.78, 5) is 41.7. The van der Waals surface area contributed by atoms with Crippen molar-refractivity contribution in [3.8, 4) is 0 Å². The van der Waals surface area contributed by atoms with Crippen LogP contribution in [0.25, 0.3) is 0 Å². The summed E-state index contributed by atoms with van der Waals surface area (Å²) in [7, 11) is 0. The lowest BCUT2D eigenvalue weighted by Gasteiger charge is -2.10. The number of benzene rings is 2. The van der Waals surface area contributed by atoms with Gasteiger partial charge < -0.3 is 31.5 Å². The Morgan fingerprint density at radius 3 is 1.06 bits per heavy atom. The van der Waals surface area contributed by atoms with Gasteiger partial charge >= 0.3 is 18.0 Å². The Morgan fingerprint density at radius 2 is 0.790 bits per heavy atom. The van der Waals surface area contributed by atoms with Crippen molar-refractivity contribution < 1.29 is 24.6 Å². The summed E-state index contributed by atoms with van der Waals surface area (Å²) < 4.78 is 0. The average Bonchev–Trinajstić information content (AvgIpc) is 4.01. The van der Waals surface area contributed by atoms with Crippen LogP contribution in [0.5, 0.6) is 0 Å². The Hall–Kier alpha value is -4.41. The van der Waals surface area contributed by atoms with Gasteiger partial charge in [-0.3, -0.25) is 19.6 Å².